The quantitative estimate of drug-likeness (QED) is 0.0471. The van der Waals surface area contributed by atoms with Crippen molar-refractivity contribution in [1.29, 1.82) is 0 Å². The first-order valence-electron chi connectivity index (χ1n) is 26.6. The van der Waals surface area contributed by atoms with Crippen LogP contribution < -0.4 is 19.3 Å². The summed E-state index contributed by atoms with van der Waals surface area (Å²) in [6, 6.07) is 69.5. The average Bonchev–Trinajstić information content (AvgIpc) is 3.42. The van der Waals surface area contributed by atoms with E-state index in [2.05, 4.69) is 270 Å². The number of para-hydroxylation sites is 2. The molecule has 0 spiro atoms. The number of benzene rings is 8. The van der Waals surface area contributed by atoms with Crippen molar-refractivity contribution >= 4 is 58.4 Å². The summed E-state index contributed by atoms with van der Waals surface area (Å²) in [7, 11) is 0. The Morgan fingerprint density at radius 2 is 0.740 bits per heavy atom. The number of nitrogens with zero attached hydrogens (tertiary/aromatic N) is 2. The van der Waals surface area contributed by atoms with E-state index in [4.69, 9.17) is 9.47 Å². The Morgan fingerprint density at radius 1 is 0.384 bits per heavy atom. The maximum Gasteiger partial charge on any atom is 0.127 e. The van der Waals surface area contributed by atoms with E-state index in [0.717, 1.165) is 91.8 Å². The molecule has 8 rings (SSSR count). The second kappa shape index (κ2) is 25.7. The SMILES string of the molecule is CCCCCCOc1cc(C(C)(C)C)c(OCCCCCC)cc1-c1ccc(N(c2ccccc2)c2ccc(C=Cc3ccc(C=Cc4ccc(N(c5ccccc5)c5ccc(C)cc5)cc4)cc3)cc2)cc1. The molecule has 0 atom stereocenters. The van der Waals surface area contributed by atoms with Gasteiger partial charge < -0.3 is 19.3 Å². The molecule has 0 unspecified atom stereocenters. The monoisotopic (exact) mass is 963 g/mol. The number of unbranched alkanes of at least 4 members (excludes halogenated alkanes) is 6. The normalized spacial score (nSPS) is 11.6. The molecule has 0 N–H and O–H groups in total. The topological polar surface area (TPSA) is 24.9 Å². The summed E-state index contributed by atoms with van der Waals surface area (Å²) in [5, 5.41) is 0. The highest BCUT2D eigenvalue weighted by Gasteiger charge is 2.24. The summed E-state index contributed by atoms with van der Waals surface area (Å²) in [5.74, 6) is 1.88. The fourth-order valence-electron chi connectivity index (χ4n) is 9.14. The number of aryl methyl sites for hydroxylation is 1. The number of hydrogen-bond donors (Lipinski definition) is 0. The lowest BCUT2D eigenvalue weighted by Crippen LogP contribution is -2.15. The molecule has 0 radical (unpaired) electrons. The van der Waals surface area contributed by atoms with Gasteiger partial charge in [-0.25, -0.2) is 0 Å². The molecule has 8 aromatic rings. The summed E-state index contributed by atoms with van der Waals surface area (Å²) >= 11 is 0. The molecule has 4 heteroatoms. The van der Waals surface area contributed by atoms with E-state index in [0.29, 0.717) is 13.2 Å². The summed E-state index contributed by atoms with van der Waals surface area (Å²) < 4.78 is 13.2. The molecule has 0 aromatic heterocycles. The Bertz CT molecular complexity index is 2970. The Labute approximate surface area is 437 Å². The van der Waals surface area contributed by atoms with Gasteiger partial charge in [0.05, 0.1) is 13.2 Å². The smallest absolute Gasteiger partial charge is 0.127 e. The molecule has 0 aliphatic rings. The molecular weight excluding hydrogens is 889 g/mol. The van der Waals surface area contributed by atoms with Crippen LogP contribution in [0.15, 0.2) is 194 Å². The van der Waals surface area contributed by atoms with E-state index in [1.807, 2.05) is 0 Å². The van der Waals surface area contributed by atoms with Crippen molar-refractivity contribution in [2.75, 3.05) is 23.0 Å². The van der Waals surface area contributed by atoms with Gasteiger partial charge >= 0.3 is 0 Å². The largest absolute Gasteiger partial charge is 0.493 e. The first-order valence-corrected chi connectivity index (χ1v) is 26.6. The van der Waals surface area contributed by atoms with Gasteiger partial charge in [0, 0.05) is 45.3 Å². The molecule has 4 nitrogen and oxygen atoms in total. The summed E-state index contributed by atoms with van der Waals surface area (Å²) in [6.07, 6.45) is 18.1. The first kappa shape index (κ1) is 51.8. The van der Waals surface area contributed by atoms with E-state index in [-0.39, 0.29) is 5.41 Å². The van der Waals surface area contributed by atoms with Gasteiger partial charge in [-0.05, 0) is 138 Å². The molecule has 0 aliphatic heterocycles. The number of anilines is 6. The van der Waals surface area contributed by atoms with Crippen LogP contribution in [0.5, 0.6) is 11.5 Å². The van der Waals surface area contributed by atoms with Gasteiger partial charge in [-0.1, -0.05) is 212 Å². The lowest BCUT2D eigenvalue weighted by atomic mass is 9.84. The molecular formula is C69H74N2O2. The van der Waals surface area contributed by atoms with Crippen molar-refractivity contribution in [3.05, 3.63) is 228 Å². The van der Waals surface area contributed by atoms with Crippen LogP contribution >= 0.6 is 0 Å². The molecule has 0 aliphatic carbocycles. The van der Waals surface area contributed by atoms with Gasteiger partial charge in [-0.3, -0.25) is 0 Å². The molecule has 0 fully saturated rings. The first-order chi connectivity index (χ1) is 35.7. The Balaban J connectivity index is 0.965. The molecule has 0 saturated carbocycles. The lowest BCUT2D eigenvalue weighted by Gasteiger charge is -2.27. The molecule has 0 heterocycles. The fourth-order valence-corrected chi connectivity index (χ4v) is 9.14. The van der Waals surface area contributed by atoms with Crippen LogP contribution in [0.4, 0.5) is 34.1 Å². The van der Waals surface area contributed by atoms with Gasteiger partial charge in [-0.2, -0.15) is 0 Å². The predicted octanol–water partition coefficient (Wildman–Crippen LogP) is 20.2. The van der Waals surface area contributed by atoms with Gasteiger partial charge in [0.2, 0.25) is 0 Å². The fraction of sp³-hybridized carbons (Fsp3) is 0.246. The molecule has 0 bridgehead atoms. The highest BCUT2D eigenvalue weighted by atomic mass is 16.5. The minimum absolute atomic E-state index is 0.0986. The van der Waals surface area contributed by atoms with Crippen LogP contribution in [0, 0.1) is 6.92 Å². The predicted molar refractivity (Wildman–Crippen MR) is 315 cm³/mol. The van der Waals surface area contributed by atoms with Crippen LogP contribution in [0.1, 0.15) is 119 Å². The lowest BCUT2D eigenvalue weighted by molar-refractivity contribution is 0.291. The summed E-state index contributed by atoms with van der Waals surface area (Å²) in [4.78, 5) is 4.62. The summed E-state index contributed by atoms with van der Waals surface area (Å²) in [5.41, 5.74) is 15.8. The van der Waals surface area contributed by atoms with E-state index in [9.17, 15) is 0 Å². The number of hydrogen-bond acceptors (Lipinski definition) is 4. The third-order valence-electron chi connectivity index (χ3n) is 13.3. The third kappa shape index (κ3) is 14.3. The standard InChI is InChI=1S/C69H74N2O2/c1-7-9-11-19-49-72-67-52-66(69(4,5)6)68(73-50-20-12-10-8-2)51-65(67)58-39-47-64(48-40-58)71(60-23-17-14-18-24-60)63-45-37-57(38-46-63)34-32-55-29-27-54(28-30-55)31-33-56-35-43-62(44-36-56)70(59-21-15-13-16-22-59)61-41-25-53(3)26-42-61/h13-18,21-48,51-52H,7-12,19-20,49-50H2,1-6H3. The Hall–Kier alpha value is -7.56. The van der Waals surface area contributed by atoms with E-state index >= 15 is 0 Å². The molecule has 0 amide bonds. The zero-order valence-corrected chi connectivity index (χ0v) is 44.1. The third-order valence-corrected chi connectivity index (χ3v) is 13.3. The zero-order valence-electron chi connectivity index (χ0n) is 44.1. The van der Waals surface area contributed by atoms with Gasteiger partial charge in [0.1, 0.15) is 11.5 Å². The van der Waals surface area contributed by atoms with Gasteiger partial charge in [0.25, 0.3) is 0 Å². The van der Waals surface area contributed by atoms with Crippen molar-refractivity contribution in [1.82, 2.24) is 0 Å². The molecule has 372 valence electrons. The number of rotatable bonds is 23. The summed E-state index contributed by atoms with van der Waals surface area (Å²) in [6.45, 7) is 14.8. The second-order valence-corrected chi connectivity index (χ2v) is 20.2. The van der Waals surface area contributed by atoms with E-state index in [1.54, 1.807) is 0 Å². The zero-order chi connectivity index (χ0) is 50.8. The minimum Gasteiger partial charge on any atom is -0.493 e. The highest BCUT2D eigenvalue weighted by Crippen LogP contribution is 2.43. The van der Waals surface area contributed by atoms with Crippen molar-refractivity contribution in [3.8, 4) is 22.6 Å². The van der Waals surface area contributed by atoms with Crippen LogP contribution in [-0.2, 0) is 5.41 Å². The average molecular weight is 963 g/mol. The van der Waals surface area contributed by atoms with Crippen LogP contribution in [-0.4, -0.2) is 13.2 Å². The van der Waals surface area contributed by atoms with Crippen molar-refractivity contribution < 1.29 is 9.47 Å². The highest BCUT2D eigenvalue weighted by molar-refractivity contribution is 5.82. The minimum atomic E-state index is -0.0986. The number of ether oxygens (including phenoxy) is 2. The van der Waals surface area contributed by atoms with Crippen LogP contribution in [0.2, 0.25) is 0 Å². The second-order valence-electron chi connectivity index (χ2n) is 20.2. The maximum absolute atomic E-state index is 6.65. The Kier molecular flexibility index (Phi) is 18.2. The van der Waals surface area contributed by atoms with Crippen molar-refractivity contribution in [2.45, 2.75) is 98.3 Å². The van der Waals surface area contributed by atoms with Gasteiger partial charge in [0.15, 0.2) is 0 Å². The van der Waals surface area contributed by atoms with Crippen molar-refractivity contribution in [3.63, 3.8) is 0 Å². The molecule has 73 heavy (non-hydrogen) atoms. The van der Waals surface area contributed by atoms with E-state index < -0.39 is 0 Å². The maximum atomic E-state index is 6.65. The van der Waals surface area contributed by atoms with Crippen LogP contribution in [0.3, 0.4) is 0 Å². The van der Waals surface area contributed by atoms with Crippen molar-refractivity contribution in [2.24, 2.45) is 0 Å². The van der Waals surface area contributed by atoms with Crippen LogP contribution in [0.25, 0.3) is 35.4 Å². The molecule has 0 saturated heterocycles. The van der Waals surface area contributed by atoms with E-state index in [1.165, 1.54) is 49.7 Å². The molecule has 8 aromatic carbocycles. The van der Waals surface area contributed by atoms with Gasteiger partial charge in [-0.15, -0.1) is 0 Å². The Morgan fingerprint density at radius 3 is 1.14 bits per heavy atom.